The second-order valence-corrected chi connectivity index (χ2v) is 10.7. The average Bonchev–Trinajstić information content (AvgIpc) is 3.28. The number of aromatic amines is 1. The highest BCUT2D eigenvalue weighted by Gasteiger charge is 2.23. The van der Waals surface area contributed by atoms with Gasteiger partial charge in [-0.2, -0.15) is 0 Å². The van der Waals surface area contributed by atoms with Gasteiger partial charge in [-0.15, -0.1) is 11.3 Å². The smallest absolute Gasteiger partial charge is 0.295 e. The number of rotatable bonds is 5. The third-order valence-electron chi connectivity index (χ3n) is 6.30. The van der Waals surface area contributed by atoms with Crippen molar-refractivity contribution in [2.75, 3.05) is 11.1 Å². The Morgan fingerprint density at radius 1 is 1.29 bits per heavy atom. The Labute approximate surface area is 204 Å². The summed E-state index contributed by atoms with van der Waals surface area (Å²) in [5.41, 5.74) is 2.31. The fourth-order valence-electron chi connectivity index (χ4n) is 4.42. The predicted octanol–water partition coefficient (Wildman–Crippen LogP) is 3.64. The topological polar surface area (TPSA) is 102 Å². The third-order valence-corrected chi connectivity index (χ3v) is 8.32. The number of thioether (sulfide) groups is 1. The van der Waals surface area contributed by atoms with Gasteiger partial charge in [0, 0.05) is 11.9 Å². The van der Waals surface area contributed by atoms with E-state index in [1.807, 2.05) is 30.3 Å². The second kappa shape index (κ2) is 8.92. The molecule has 0 aliphatic heterocycles. The van der Waals surface area contributed by atoms with E-state index in [2.05, 4.69) is 22.2 Å². The van der Waals surface area contributed by atoms with Crippen LogP contribution in [-0.2, 0) is 24.7 Å². The molecule has 0 saturated carbocycles. The van der Waals surface area contributed by atoms with Crippen LogP contribution in [0.15, 0.2) is 45.1 Å². The molecule has 1 atom stereocenters. The zero-order chi connectivity index (χ0) is 24.0. The molecule has 0 fully saturated rings. The molecule has 8 nitrogen and oxygen atoms in total. The molecule has 3 aromatic heterocycles. The molecule has 0 radical (unpaired) electrons. The van der Waals surface area contributed by atoms with Crippen LogP contribution in [-0.4, -0.2) is 31.0 Å². The molecule has 1 aliphatic rings. The highest BCUT2D eigenvalue weighted by molar-refractivity contribution is 7.99. The number of carbonyl (C=O) groups is 1. The van der Waals surface area contributed by atoms with E-state index in [-0.39, 0.29) is 28.5 Å². The van der Waals surface area contributed by atoms with Crippen molar-refractivity contribution < 1.29 is 4.79 Å². The Morgan fingerprint density at radius 3 is 2.82 bits per heavy atom. The van der Waals surface area contributed by atoms with Gasteiger partial charge < -0.3 is 10.3 Å². The van der Waals surface area contributed by atoms with Crippen LogP contribution >= 0.6 is 23.1 Å². The third kappa shape index (κ3) is 4.01. The minimum absolute atomic E-state index is 0.0235. The SMILES string of the molecule is Cc1c(NC(=O)CSc2nc3sc4c(c3c(=O)[nH]2)CCC(C)C4)c(=O)n(-c2ccccc2)n1C. The van der Waals surface area contributed by atoms with Crippen molar-refractivity contribution in [3.63, 3.8) is 0 Å². The van der Waals surface area contributed by atoms with Gasteiger partial charge in [0.15, 0.2) is 5.16 Å². The molecule has 1 aliphatic carbocycles. The predicted molar refractivity (Wildman–Crippen MR) is 137 cm³/mol. The number of fused-ring (bicyclic) bond motifs is 3. The van der Waals surface area contributed by atoms with Gasteiger partial charge in [-0.3, -0.25) is 19.1 Å². The zero-order valence-corrected chi connectivity index (χ0v) is 20.8. The maximum Gasteiger partial charge on any atom is 0.295 e. The zero-order valence-electron chi connectivity index (χ0n) is 19.2. The van der Waals surface area contributed by atoms with Crippen molar-refractivity contribution in [3.8, 4) is 5.69 Å². The van der Waals surface area contributed by atoms with Gasteiger partial charge >= 0.3 is 0 Å². The van der Waals surface area contributed by atoms with Gasteiger partial charge in [-0.1, -0.05) is 36.9 Å². The van der Waals surface area contributed by atoms with E-state index >= 15 is 0 Å². The van der Waals surface area contributed by atoms with Gasteiger partial charge in [0.25, 0.3) is 11.1 Å². The molecular formula is C24H25N5O3S2. The Bertz CT molecular complexity index is 1510. The van der Waals surface area contributed by atoms with Crippen molar-refractivity contribution in [2.24, 2.45) is 13.0 Å². The first-order valence-electron chi connectivity index (χ1n) is 11.1. The summed E-state index contributed by atoms with van der Waals surface area (Å²) in [6.07, 6.45) is 2.98. The summed E-state index contributed by atoms with van der Waals surface area (Å²) in [6, 6.07) is 9.27. The second-order valence-electron chi connectivity index (χ2n) is 8.68. The van der Waals surface area contributed by atoms with Crippen LogP contribution in [0.3, 0.4) is 0 Å². The lowest BCUT2D eigenvalue weighted by Crippen LogP contribution is -2.23. The van der Waals surface area contributed by atoms with Gasteiger partial charge in [0.2, 0.25) is 5.91 Å². The number of benzene rings is 1. The van der Waals surface area contributed by atoms with E-state index in [9.17, 15) is 14.4 Å². The number of aromatic nitrogens is 4. The molecule has 176 valence electrons. The van der Waals surface area contributed by atoms with Crippen LogP contribution < -0.4 is 16.4 Å². The molecule has 0 spiro atoms. The fourth-order valence-corrected chi connectivity index (χ4v) is 6.52. The van der Waals surface area contributed by atoms with E-state index in [1.54, 1.807) is 30.0 Å². The van der Waals surface area contributed by atoms with E-state index < -0.39 is 0 Å². The van der Waals surface area contributed by atoms with Crippen LogP contribution in [0.1, 0.15) is 29.5 Å². The molecule has 1 aromatic carbocycles. The first-order chi connectivity index (χ1) is 16.3. The Morgan fingerprint density at radius 2 is 2.06 bits per heavy atom. The average molecular weight is 496 g/mol. The molecule has 2 N–H and O–H groups in total. The molecule has 5 rings (SSSR count). The molecule has 1 amide bonds. The van der Waals surface area contributed by atoms with Gasteiger partial charge in [0.05, 0.1) is 22.5 Å². The Kier molecular flexibility index (Phi) is 5.95. The number of para-hydroxylation sites is 1. The van der Waals surface area contributed by atoms with Crippen molar-refractivity contribution in [1.82, 2.24) is 19.3 Å². The van der Waals surface area contributed by atoms with Crippen LogP contribution in [0.2, 0.25) is 0 Å². The summed E-state index contributed by atoms with van der Waals surface area (Å²) < 4.78 is 3.23. The highest BCUT2D eigenvalue weighted by Crippen LogP contribution is 2.36. The lowest BCUT2D eigenvalue weighted by molar-refractivity contribution is -0.113. The van der Waals surface area contributed by atoms with Crippen molar-refractivity contribution in [3.05, 3.63) is 67.2 Å². The number of nitrogens with one attached hydrogen (secondary N) is 2. The largest absolute Gasteiger partial charge is 0.319 e. The Balaban J connectivity index is 1.34. The maximum atomic E-state index is 13.0. The summed E-state index contributed by atoms with van der Waals surface area (Å²) in [7, 11) is 1.78. The van der Waals surface area contributed by atoms with Gasteiger partial charge in [-0.05, 0) is 49.8 Å². The van der Waals surface area contributed by atoms with Crippen molar-refractivity contribution >= 4 is 44.9 Å². The Hall–Kier alpha value is -3.11. The number of anilines is 1. The van der Waals surface area contributed by atoms with E-state index in [0.29, 0.717) is 22.2 Å². The molecule has 4 aromatic rings. The summed E-state index contributed by atoms with van der Waals surface area (Å²) >= 11 is 2.74. The number of H-pyrrole nitrogens is 1. The number of carbonyl (C=O) groups excluding carboxylic acids is 1. The van der Waals surface area contributed by atoms with Gasteiger partial charge in [0.1, 0.15) is 10.5 Å². The first kappa shape index (κ1) is 22.7. The monoisotopic (exact) mass is 495 g/mol. The van der Waals surface area contributed by atoms with Crippen LogP contribution in [0.25, 0.3) is 15.9 Å². The van der Waals surface area contributed by atoms with E-state index in [4.69, 9.17) is 0 Å². The summed E-state index contributed by atoms with van der Waals surface area (Å²) in [6.45, 7) is 4.02. The number of hydrogen-bond donors (Lipinski definition) is 2. The highest BCUT2D eigenvalue weighted by atomic mass is 32.2. The normalized spacial score (nSPS) is 15.4. The number of amides is 1. The maximum absolute atomic E-state index is 13.0. The summed E-state index contributed by atoms with van der Waals surface area (Å²) in [5, 5.41) is 3.85. The standard InChI is InChI=1S/C24H25N5O3S2/c1-13-9-10-16-17(11-13)34-22-19(16)21(31)26-24(27-22)33-12-18(30)25-20-14(2)28(3)29(23(20)32)15-7-5-4-6-8-15/h4-8,13H,9-12H2,1-3H3,(H,25,30)(H,26,27,31). The minimum atomic E-state index is -0.335. The van der Waals surface area contributed by atoms with Crippen molar-refractivity contribution in [1.29, 1.82) is 0 Å². The van der Waals surface area contributed by atoms with E-state index in [0.717, 1.165) is 47.1 Å². The van der Waals surface area contributed by atoms with Crippen LogP contribution in [0, 0.1) is 12.8 Å². The van der Waals surface area contributed by atoms with Crippen LogP contribution in [0.5, 0.6) is 0 Å². The fraction of sp³-hybridized carbons (Fsp3) is 0.333. The number of nitrogens with zero attached hydrogens (tertiary/aromatic N) is 3. The van der Waals surface area contributed by atoms with Crippen molar-refractivity contribution in [2.45, 2.75) is 38.3 Å². The molecule has 0 bridgehead atoms. The van der Waals surface area contributed by atoms with Gasteiger partial charge in [-0.25, -0.2) is 9.67 Å². The number of thiophene rings is 1. The quantitative estimate of drug-likeness (QED) is 0.325. The summed E-state index contributed by atoms with van der Waals surface area (Å²) in [5.74, 6) is 0.304. The first-order valence-corrected chi connectivity index (χ1v) is 12.9. The lowest BCUT2D eigenvalue weighted by Gasteiger charge is -2.17. The van der Waals surface area contributed by atoms with Crippen LogP contribution in [0.4, 0.5) is 5.69 Å². The minimum Gasteiger partial charge on any atom is -0.319 e. The molecular weight excluding hydrogens is 470 g/mol. The number of aryl methyl sites for hydroxylation is 1. The molecule has 3 heterocycles. The molecule has 34 heavy (non-hydrogen) atoms. The molecule has 1 unspecified atom stereocenters. The number of hydrogen-bond acceptors (Lipinski definition) is 6. The molecule has 0 saturated heterocycles. The molecule has 10 heteroatoms. The lowest BCUT2D eigenvalue weighted by atomic mass is 9.89. The van der Waals surface area contributed by atoms with E-state index in [1.165, 1.54) is 9.56 Å². The summed E-state index contributed by atoms with van der Waals surface area (Å²) in [4.78, 5) is 47.9.